The van der Waals surface area contributed by atoms with Crippen molar-refractivity contribution in [2.24, 2.45) is 0 Å². The van der Waals surface area contributed by atoms with E-state index in [1.54, 1.807) is 0 Å². The van der Waals surface area contributed by atoms with Gasteiger partial charge in [0.15, 0.2) is 17.5 Å². The zero-order valence-corrected chi connectivity index (χ0v) is 27.6. The molecule has 1 aromatic heterocycles. The highest BCUT2D eigenvalue weighted by Crippen LogP contribution is 2.50. The molecular formula is C47H31N3O. The van der Waals surface area contributed by atoms with Crippen molar-refractivity contribution in [3.63, 3.8) is 0 Å². The maximum atomic E-state index is 6.68. The molecule has 0 spiro atoms. The Bertz CT molecular complexity index is 2560. The lowest BCUT2D eigenvalue weighted by Gasteiger charge is -2.30. The second kappa shape index (κ2) is 12.0. The summed E-state index contributed by atoms with van der Waals surface area (Å²) in [5.74, 6) is 2.94. The van der Waals surface area contributed by atoms with Gasteiger partial charge in [-0.2, -0.15) is 0 Å². The van der Waals surface area contributed by atoms with Crippen molar-refractivity contribution in [1.82, 2.24) is 15.0 Å². The van der Waals surface area contributed by atoms with Crippen molar-refractivity contribution in [1.29, 1.82) is 0 Å². The first-order valence-corrected chi connectivity index (χ1v) is 17.3. The van der Waals surface area contributed by atoms with Gasteiger partial charge in [0.1, 0.15) is 11.9 Å². The second-order valence-electron chi connectivity index (χ2n) is 13.1. The van der Waals surface area contributed by atoms with Gasteiger partial charge in [0, 0.05) is 27.8 Å². The number of aromatic nitrogens is 3. The van der Waals surface area contributed by atoms with Gasteiger partial charge in [0.2, 0.25) is 0 Å². The lowest BCUT2D eigenvalue weighted by molar-refractivity contribution is 0.255. The Kier molecular flexibility index (Phi) is 6.91. The summed E-state index contributed by atoms with van der Waals surface area (Å²) >= 11 is 0. The number of para-hydroxylation sites is 1. The number of fused-ring (bicyclic) bond motifs is 5. The van der Waals surface area contributed by atoms with Gasteiger partial charge in [-0.05, 0) is 62.9 Å². The third-order valence-electron chi connectivity index (χ3n) is 10.1. The van der Waals surface area contributed by atoms with Crippen LogP contribution >= 0.6 is 0 Å². The molecule has 4 heteroatoms. The molecule has 7 aromatic carbocycles. The van der Waals surface area contributed by atoms with Crippen LogP contribution in [0.5, 0.6) is 5.75 Å². The first-order valence-electron chi connectivity index (χ1n) is 17.3. The minimum atomic E-state index is -0.0857. The van der Waals surface area contributed by atoms with Crippen LogP contribution in [0.1, 0.15) is 28.2 Å². The van der Waals surface area contributed by atoms with Crippen LogP contribution in [0, 0.1) is 0 Å². The maximum absolute atomic E-state index is 6.68. The Balaban J connectivity index is 1.12. The van der Waals surface area contributed by atoms with Crippen LogP contribution in [-0.4, -0.2) is 21.1 Å². The van der Waals surface area contributed by atoms with Crippen LogP contribution in [0.15, 0.2) is 170 Å². The molecule has 2 heterocycles. The van der Waals surface area contributed by atoms with E-state index in [4.69, 9.17) is 19.7 Å². The van der Waals surface area contributed by atoms with Crippen LogP contribution < -0.4 is 4.74 Å². The Labute approximate surface area is 296 Å². The number of nitrogens with zero attached hydrogens (tertiary/aromatic N) is 3. The summed E-state index contributed by atoms with van der Waals surface area (Å²) in [6, 6.07) is 59.3. The quantitative estimate of drug-likeness (QED) is 0.185. The van der Waals surface area contributed by atoms with Gasteiger partial charge < -0.3 is 4.74 Å². The van der Waals surface area contributed by atoms with Crippen molar-refractivity contribution >= 4 is 22.4 Å². The summed E-state index contributed by atoms with van der Waals surface area (Å²) in [5.41, 5.74) is 11.2. The van der Waals surface area contributed by atoms with Crippen molar-refractivity contribution in [2.75, 3.05) is 0 Å². The lowest BCUT2D eigenvalue weighted by atomic mass is 9.76. The molecule has 0 fully saturated rings. The zero-order chi connectivity index (χ0) is 33.7. The Hall–Kier alpha value is -6.65. The van der Waals surface area contributed by atoms with E-state index in [2.05, 4.69) is 109 Å². The van der Waals surface area contributed by atoms with E-state index in [9.17, 15) is 0 Å². The van der Waals surface area contributed by atoms with E-state index < -0.39 is 0 Å². The van der Waals surface area contributed by atoms with E-state index in [0.717, 1.165) is 44.3 Å². The summed E-state index contributed by atoms with van der Waals surface area (Å²) in [6.07, 6.45) is 2.22. The highest BCUT2D eigenvalue weighted by molar-refractivity contribution is 5.96. The molecule has 4 nitrogen and oxygen atoms in total. The van der Waals surface area contributed by atoms with Gasteiger partial charge in [-0.25, -0.2) is 15.0 Å². The van der Waals surface area contributed by atoms with Crippen LogP contribution in [0.4, 0.5) is 0 Å². The van der Waals surface area contributed by atoms with Crippen LogP contribution in [0.3, 0.4) is 0 Å². The fourth-order valence-electron chi connectivity index (χ4n) is 7.64. The zero-order valence-electron chi connectivity index (χ0n) is 27.6. The second-order valence-corrected chi connectivity index (χ2v) is 13.1. The summed E-state index contributed by atoms with van der Waals surface area (Å²) < 4.78 is 6.68. The molecule has 1 aliphatic carbocycles. The summed E-state index contributed by atoms with van der Waals surface area (Å²) in [6.45, 7) is 0. The van der Waals surface area contributed by atoms with E-state index in [0.29, 0.717) is 17.5 Å². The van der Waals surface area contributed by atoms with Gasteiger partial charge in [-0.1, -0.05) is 152 Å². The monoisotopic (exact) mass is 653 g/mol. The first-order chi connectivity index (χ1) is 25.3. The van der Waals surface area contributed by atoms with Gasteiger partial charge in [-0.3, -0.25) is 0 Å². The average Bonchev–Trinajstić information content (AvgIpc) is 3.58. The summed E-state index contributed by atoms with van der Waals surface area (Å²) in [5, 5.41) is 2.29. The molecule has 51 heavy (non-hydrogen) atoms. The van der Waals surface area contributed by atoms with Crippen molar-refractivity contribution in [3.8, 4) is 51.0 Å². The predicted molar refractivity (Wildman–Crippen MR) is 206 cm³/mol. The molecule has 0 amide bonds. The topological polar surface area (TPSA) is 47.9 Å². The lowest BCUT2D eigenvalue weighted by Crippen LogP contribution is -2.26. The summed E-state index contributed by atoms with van der Waals surface area (Å²) in [4.78, 5) is 15.2. The minimum Gasteiger partial charge on any atom is -0.484 e. The minimum absolute atomic E-state index is 0.0594. The maximum Gasteiger partial charge on any atom is 0.164 e. The van der Waals surface area contributed by atoms with Crippen molar-refractivity contribution in [2.45, 2.75) is 12.0 Å². The number of benzene rings is 7. The van der Waals surface area contributed by atoms with E-state index >= 15 is 0 Å². The fourth-order valence-corrected chi connectivity index (χ4v) is 7.64. The van der Waals surface area contributed by atoms with Gasteiger partial charge in [0.25, 0.3) is 0 Å². The molecule has 0 radical (unpaired) electrons. The van der Waals surface area contributed by atoms with Crippen LogP contribution in [0.25, 0.3) is 67.7 Å². The first kappa shape index (κ1) is 29.3. The average molecular weight is 654 g/mol. The molecule has 10 rings (SSSR count). The molecular weight excluding hydrogens is 623 g/mol. The Morgan fingerprint density at radius 3 is 1.71 bits per heavy atom. The molecule has 2 unspecified atom stereocenters. The highest BCUT2D eigenvalue weighted by atomic mass is 16.5. The molecule has 0 N–H and O–H groups in total. The molecule has 2 atom stereocenters. The number of rotatable bonds is 5. The van der Waals surface area contributed by atoms with Crippen LogP contribution in [0.2, 0.25) is 0 Å². The van der Waals surface area contributed by atoms with E-state index in [1.165, 1.54) is 27.8 Å². The standard InChI is InChI=1S/C47H31N3O/c1-3-13-32(14-4-1)45-48-46(33-15-5-2-6-16-33)50-47(49-45)41-28-35-18-8-7-17-34(35)27-39(41)30-23-25-31(26-24-30)43-37-20-10-9-19-36(37)29-40-38-21-11-12-22-42(38)51-44(40)43/h1-29,43-44H. The Morgan fingerprint density at radius 2 is 1.00 bits per heavy atom. The third-order valence-corrected chi connectivity index (χ3v) is 10.1. The molecule has 1 aliphatic heterocycles. The van der Waals surface area contributed by atoms with Crippen molar-refractivity contribution < 1.29 is 4.74 Å². The van der Waals surface area contributed by atoms with Gasteiger partial charge >= 0.3 is 0 Å². The fraction of sp³-hybridized carbons (Fsp3) is 0.0426. The molecule has 8 aromatic rings. The summed E-state index contributed by atoms with van der Waals surface area (Å²) in [7, 11) is 0. The van der Waals surface area contributed by atoms with Gasteiger partial charge in [-0.15, -0.1) is 0 Å². The molecule has 240 valence electrons. The van der Waals surface area contributed by atoms with E-state index in [1.807, 2.05) is 66.7 Å². The molecule has 0 saturated carbocycles. The molecule has 0 bridgehead atoms. The predicted octanol–water partition coefficient (Wildman–Crippen LogP) is 11.1. The SMILES string of the molecule is C1=C2c3ccccc3OC2C(c2ccc(-c3cc4ccccc4cc3-c3nc(-c4ccccc4)nc(-c4ccccc4)n3)cc2)c2ccccc21. The van der Waals surface area contributed by atoms with Gasteiger partial charge in [0.05, 0.1) is 5.92 Å². The number of hydrogen-bond acceptors (Lipinski definition) is 4. The molecule has 2 aliphatic rings. The van der Waals surface area contributed by atoms with Crippen LogP contribution in [-0.2, 0) is 0 Å². The largest absolute Gasteiger partial charge is 0.484 e. The smallest absolute Gasteiger partial charge is 0.164 e. The van der Waals surface area contributed by atoms with E-state index in [-0.39, 0.29) is 12.0 Å². The van der Waals surface area contributed by atoms with Crippen molar-refractivity contribution in [3.05, 3.63) is 192 Å². The number of ether oxygens (including phenoxy) is 1. The molecule has 0 saturated heterocycles. The normalized spacial score (nSPS) is 15.7. The third kappa shape index (κ3) is 5.12. The highest BCUT2D eigenvalue weighted by Gasteiger charge is 2.40. The number of hydrogen-bond donors (Lipinski definition) is 0. The Morgan fingerprint density at radius 1 is 0.431 bits per heavy atom.